The number of halogens is 2. The number of hydrogen-bond acceptors (Lipinski definition) is 1. The van der Waals surface area contributed by atoms with Crippen molar-refractivity contribution >= 4 is 28.8 Å². The van der Waals surface area contributed by atoms with Crippen LogP contribution >= 0.6 is 23.2 Å². The van der Waals surface area contributed by atoms with Gasteiger partial charge in [-0.3, -0.25) is 0 Å². The van der Waals surface area contributed by atoms with Crippen LogP contribution < -0.4 is 5.32 Å². The van der Waals surface area contributed by atoms with Crippen LogP contribution in [0.2, 0.25) is 10.0 Å². The summed E-state index contributed by atoms with van der Waals surface area (Å²) in [6.07, 6.45) is 8.16. The van der Waals surface area contributed by atoms with Crippen LogP contribution in [0.5, 0.6) is 0 Å². The van der Waals surface area contributed by atoms with Crippen LogP contribution in [0.3, 0.4) is 0 Å². The van der Waals surface area contributed by atoms with E-state index in [9.17, 15) is 0 Å². The summed E-state index contributed by atoms with van der Waals surface area (Å²) in [6, 6.07) is 4.09. The third-order valence-corrected chi connectivity index (χ3v) is 4.29. The average molecular weight is 278 g/mol. The molecular formula is C15H13Cl2N. The van der Waals surface area contributed by atoms with Gasteiger partial charge in [0, 0.05) is 0 Å². The molecule has 0 amide bonds. The smallest absolute Gasteiger partial charge is 0.0725 e. The fourth-order valence-corrected chi connectivity index (χ4v) is 2.96. The zero-order chi connectivity index (χ0) is 12.7. The van der Waals surface area contributed by atoms with Crippen molar-refractivity contribution in [3.8, 4) is 0 Å². The maximum atomic E-state index is 6.12. The van der Waals surface area contributed by atoms with E-state index < -0.39 is 0 Å². The summed E-state index contributed by atoms with van der Waals surface area (Å²) in [5.74, 6) is 0. The molecule has 1 nitrogen and oxygen atoms in total. The van der Waals surface area contributed by atoms with Crippen molar-refractivity contribution in [3.05, 3.63) is 63.8 Å². The second kappa shape index (κ2) is 4.49. The second-order valence-corrected chi connectivity index (χ2v) is 5.46. The summed E-state index contributed by atoms with van der Waals surface area (Å²) in [4.78, 5) is 0. The summed E-state index contributed by atoms with van der Waals surface area (Å²) in [7, 11) is 0. The Morgan fingerprint density at radius 2 is 1.94 bits per heavy atom. The first-order valence-electron chi connectivity index (χ1n) is 5.95. The van der Waals surface area contributed by atoms with Crippen LogP contribution in [0.4, 0.5) is 0 Å². The fourth-order valence-electron chi connectivity index (χ4n) is 2.61. The lowest BCUT2D eigenvalue weighted by atomic mass is 9.93. The largest absolute Gasteiger partial charge is 0.380 e. The number of aryl methyl sites for hydroxylation is 1. The van der Waals surface area contributed by atoms with Crippen molar-refractivity contribution in [2.45, 2.75) is 18.9 Å². The lowest BCUT2D eigenvalue weighted by Crippen LogP contribution is -2.28. The highest BCUT2D eigenvalue weighted by Gasteiger charge is 2.25. The van der Waals surface area contributed by atoms with E-state index >= 15 is 0 Å². The van der Waals surface area contributed by atoms with Gasteiger partial charge >= 0.3 is 0 Å². The highest BCUT2D eigenvalue weighted by Crippen LogP contribution is 2.37. The van der Waals surface area contributed by atoms with Gasteiger partial charge in [0.15, 0.2) is 0 Å². The number of hydrogen-bond donors (Lipinski definition) is 1. The average Bonchev–Trinajstić information content (AvgIpc) is 2.51. The third-order valence-electron chi connectivity index (χ3n) is 3.56. The monoisotopic (exact) mass is 277 g/mol. The maximum Gasteiger partial charge on any atom is 0.0725 e. The predicted octanol–water partition coefficient (Wildman–Crippen LogP) is 4.36. The number of nitrogens with one attached hydrogen (secondary N) is 1. The van der Waals surface area contributed by atoms with Gasteiger partial charge in [0.25, 0.3) is 0 Å². The predicted molar refractivity (Wildman–Crippen MR) is 78.0 cm³/mol. The zero-order valence-electron chi connectivity index (χ0n) is 9.84. The minimum absolute atomic E-state index is 0.188. The molecule has 1 atom stereocenters. The molecule has 1 aliphatic carbocycles. The van der Waals surface area contributed by atoms with E-state index in [1.54, 1.807) is 0 Å². The molecule has 3 heteroatoms. The standard InChI is InChI=1S/C15H13Cl2N/c1-9-12-8-14(17)13(16)7-11(12)5-4-10-3-2-6-18-15(9)10/h2-3,6-8,15,18H,1,4-5H2. The van der Waals surface area contributed by atoms with Gasteiger partial charge in [-0.1, -0.05) is 35.9 Å². The molecule has 1 N–H and O–H groups in total. The van der Waals surface area contributed by atoms with Crippen LogP contribution in [-0.2, 0) is 6.42 Å². The molecule has 1 aromatic carbocycles. The minimum atomic E-state index is 0.188. The molecule has 0 saturated heterocycles. The van der Waals surface area contributed by atoms with Crippen molar-refractivity contribution in [2.24, 2.45) is 0 Å². The lowest BCUT2D eigenvalue weighted by molar-refractivity contribution is 0.758. The van der Waals surface area contributed by atoms with Crippen LogP contribution in [-0.4, -0.2) is 6.04 Å². The van der Waals surface area contributed by atoms with Gasteiger partial charge < -0.3 is 5.32 Å². The summed E-state index contributed by atoms with van der Waals surface area (Å²) in [5, 5.41) is 4.57. The van der Waals surface area contributed by atoms with Crippen molar-refractivity contribution < 1.29 is 0 Å². The van der Waals surface area contributed by atoms with E-state index in [1.807, 2.05) is 24.4 Å². The molecule has 92 valence electrons. The molecule has 0 aromatic heterocycles. The quantitative estimate of drug-likeness (QED) is 0.743. The Morgan fingerprint density at radius 3 is 2.78 bits per heavy atom. The molecule has 0 fully saturated rings. The van der Waals surface area contributed by atoms with Gasteiger partial charge in [0.05, 0.1) is 16.1 Å². The van der Waals surface area contributed by atoms with Crippen LogP contribution in [0, 0.1) is 0 Å². The SMILES string of the molecule is C=C1c2cc(Cl)c(Cl)cc2CCC2=CC=CNC12. The summed E-state index contributed by atoms with van der Waals surface area (Å²) in [5.41, 5.74) is 4.79. The molecular weight excluding hydrogens is 265 g/mol. The normalized spacial score (nSPS) is 21.6. The Labute approximate surface area is 117 Å². The van der Waals surface area contributed by atoms with E-state index in [0.29, 0.717) is 10.0 Å². The van der Waals surface area contributed by atoms with E-state index in [1.165, 1.54) is 11.1 Å². The van der Waals surface area contributed by atoms with E-state index in [2.05, 4.69) is 18.0 Å². The van der Waals surface area contributed by atoms with E-state index in [0.717, 1.165) is 24.0 Å². The highest BCUT2D eigenvalue weighted by molar-refractivity contribution is 6.42. The Hall–Kier alpha value is -1.18. The number of rotatable bonds is 0. The molecule has 1 unspecified atom stereocenters. The number of allylic oxidation sites excluding steroid dienone is 2. The molecule has 0 radical (unpaired) electrons. The molecule has 1 aromatic rings. The van der Waals surface area contributed by atoms with Crippen molar-refractivity contribution in [1.82, 2.24) is 5.32 Å². The Balaban J connectivity index is 2.11. The molecule has 18 heavy (non-hydrogen) atoms. The second-order valence-electron chi connectivity index (χ2n) is 4.65. The molecule has 0 saturated carbocycles. The summed E-state index contributed by atoms with van der Waals surface area (Å²) >= 11 is 12.2. The first kappa shape index (κ1) is 11.9. The Kier molecular flexibility index (Phi) is 2.96. The van der Waals surface area contributed by atoms with Gasteiger partial charge in [-0.2, -0.15) is 0 Å². The fraction of sp³-hybridized carbons (Fsp3) is 0.200. The molecule has 1 heterocycles. The van der Waals surface area contributed by atoms with Gasteiger partial charge in [-0.15, -0.1) is 0 Å². The van der Waals surface area contributed by atoms with Crippen molar-refractivity contribution in [2.75, 3.05) is 0 Å². The number of benzene rings is 1. The molecule has 3 rings (SSSR count). The minimum Gasteiger partial charge on any atom is -0.380 e. The lowest BCUT2D eigenvalue weighted by Gasteiger charge is -2.23. The van der Waals surface area contributed by atoms with Crippen LogP contribution in [0.25, 0.3) is 5.57 Å². The summed E-state index contributed by atoms with van der Waals surface area (Å²) < 4.78 is 0. The Bertz CT molecular complexity index is 584. The maximum absolute atomic E-state index is 6.12. The first-order valence-corrected chi connectivity index (χ1v) is 6.71. The molecule has 1 aliphatic heterocycles. The number of fused-ring (bicyclic) bond motifs is 2. The van der Waals surface area contributed by atoms with Crippen molar-refractivity contribution in [1.29, 1.82) is 0 Å². The molecule has 0 spiro atoms. The van der Waals surface area contributed by atoms with Gasteiger partial charge in [0.1, 0.15) is 0 Å². The van der Waals surface area contributed by atoms with Gasteiger partial charge in [0.2, 0.25) is 0 Å². The van der Waals surface area contributed by atoms with Crippen LogP contribution in [0.1, 0.15) is 17.5 Å². The zero-order valence-corrected chi connectivity index (χ0v) is 11.4. The topological polar surface area (TPSA) is 12.0 Å². The van der Waals surface area contributed by atoms with E-state index in [4.69, 9.17) is 23.2 Å². The highest BCUT2D eigenvalue weighted by atomic mass is 35.5. The molecule has 0 bridgehead atoms. The third kappa shape index (κ3) is 1.88. The van der Waals surface area contributed by atoms with Gasteiger partial charge in [-0.25, -0.2) is 0 Å². The van der Waals surface area contributed by atoms with E-state index in [-0.39, 0.29) is 6.04 Å². The van der Waals surface area contributed by atoms with Crippen LogP contribution in [0.15, 0.2) is 42.6 Å². The summed E-state index contributed by atoms with van der Waals surface area (Å²) in [6.45, 7) is 4.23. The first-order chi connectivity index (χ1) is 8.66. The van der Waals surface area contributed by atoms with Crippen molar-refractivity contribution in [3.63, 3.8) is 0 Å². The van der Waals surface area contributed by atoms with Gasteiger partial charge in [-0.05, 0) is 59.5 Å². The Morgan fingerprint density at radius 1 is 1.17 bits per heavy atom. The molecule has 2 aliphatic rings. The number of dihydropyridines is 1.